The van der Waals surface area contributed by atoms with Crippen molar-refractivity contribution in [1.82, 2.24) is 4.72 Å². The number of benzene rings is 1. The van der Waals surface area contributed by atoms with Crippen LogP contribution < -0.4 is 9.46 Å². The molecule has 0 radical (unpaired) electrons. The smallest absolute Gasteiger partial charge is 0.306 e. The third kappa shape index (κ3) is 3.91. The van der Waals surface area contributed by atoms with Crippen LogP contribution in [0.4, 0.5) is 0 Å². The highest BCUT2D eigenvalue weighted by Crippen LogP contribution is 2.29. The summed E-state index contributed by atoms with van der Waals surface area (Å²) in [6, 6.07) is 4.14. The summed E-state index contributed by atoms with van der Waals surface area (Å²) < 4.78 is 32.5. The molecule has 2 rings (SSSR count). The molecule has 0 unspecified atom stereocenters. The Morgan fingerprint density at radius 3 is 2.50 bits per heavy atom. The standard InChI is InChI=1S/C14H18ClNO5S/c1-21-11-6-7-12(15)13(8-11)22(19,20)16-10-4-2-9(3-5-10)14(17)18/h6-10,16H,2-5H2,1H3,(H,17,18). The number of sulfonamides is 1. The molecule has 6 nitrogen and oxygen atoms in total. The number of halogens is 1. The molecule has 0 heterocycles. The quantitative estimate of drug-likeness (QED) is 0.852. The first-order valence-electron chi connectivity index (χ1n) is 6.92. The van der Waals surface area contributed by atoms with Crippen molar-refractivity contribution in [3.63, 3.8) is 0 Å². The van der Waals surface area contributed by atoms with Crippen LogP contribution in [-0.4, -0.2) is 32.6 Å². The summed E-state index contributed by atoms with van der Waals surface area (Å²) >= 11 is 5.97. The van der Waals surface area contributed by atoms with Crippen molar-refractivity contribution in [3.05, 3.63) is 23.2 Å². The number of carbonyl (C=O) groups is 1. The van der Waals surface area contributed by atoms with Crippen molar-refractivity contribution in [2.75, 3.05) is 7.11 Å². The summed E-state index contributed by atoms with van der Waals surface area (Å²) in [7, 11) is -2.33. The van der Waals surface area contributed by atoms with Crippen LogP contribution in [0.2, 0.25) is 5.02 Å². The van der Waals surface area contributed by atoms with Gasteiger partial charge < -0.3 is 9.84 Å². The van der Waals surface area contributed by atoms with Gasteiger partial charge in [-0.15, -0.1) is 0 Å². The molecule has 1 aromatic carbocycles. The van der Waals surface area contributed by atoms with Gasteiger partial charge in [0.25, 0.3) is 0 Å². The van der Waals surface area contributed by atoms with Crippen LogP contribution >= 0.6 is 11.6 Å². The Balaban J connectivity index is 2.11. The third-order valence-electron chi connectivity index (χ3n) is 3.83. The SMILES string of the molecule is COc1ccc(Cl)c(S(=O)(=O)NC2CCC(C(=O)O)CC2)c1. The fourth-order valence-electron chi connectivity index (χ4n) is 2.56. The van der Waals surface area contributed by atoms with E-state index < -0.39 is 16.0 Å². The van der Waals surface area contributed by atoms with Gasteiger partial charge in [0, 0.05) is 12.1 Å². The molecular weight excluding hydrogens is 330 g/mol. The molecular formula is C14H18ClNO5S. The van der Waals surface area contributed by atoms with Crippen LogP contribution in [0.3, 0.4) is 0 Å². The minimum Gasteiger partial charge on any atom is -0.497 e. The molecule has 0 aromatic heterocycles. The van der Waals surface area contributed by atoms with E-state index in [0.717, 1.165) is 0 Å². The largest absolute Gasteiger partial charge is 0.497 e. The van der Waals surface area contributed by atoms with E-state index in [9.17, 15) is 13.2 Å². The highest BCUT2D eigenvalue weighted by molar-refractivity contribution is 7.89. The normalized spacial score (nSPS) is 22.3. The molecule has 0 saturated heterocycles. The van der Waals surface area contributed by atoms with Gasteiger partial charge in [-0.3, -0.25) is 4.79 Å². The lowest BCUT2D eigenvalue weighted by Gasteiger charge is -2.26. The van der Waals surface area contributed by atoms with Crippen LogP contribution in [-0.2, 0) is 14.8 Å². The van der Waals surface area contributed by atoms with E-state index in [1.54, 1.807) is 6.07 Å². The van der Waals surface area contributed by atoms with Crippen LogP contribution in [0.5, 0.6) is 5.75 Å². The minimum absolute atomic E-state index is 0.0334. The Morgan fingerprint density at radius 2 is 1.95 bits per heavy atom. The summed E-state index contributed by atoms with van der Waals surface area (Å²) in [6.07, 6.45) is 1.93. The van der Waals surface area contributed by atoms with Crippen LogP contribution in [0.15, 0.2) is 23.1 Å². The fraction of sp³-hybridized carbons (Fsp3) is 0.500. The van der Waals surface area contributed by atoms with E-state index in [4.69, 9.17) is 21.4 Å². The summed E-state index contributed by atoms with van der Waals surface area (Å²) in [6.45, 7) is 0. The van der Waals surface area contributed by atoms with Gasteiger partial charge in [-0.1, -0.05) is 11.6 Å². The number of carboxylic acid groups (broad SMARTS) is 1. The molecule has 1 aromatic rings. The van der Waals surface area contributed by atoms with E-state index in [0.29, 0.717) is 31.4 Å². The zero-order valence-corrected chi connectivity index (χ0v) is 13.7. The van der Waals surface area contributed by atoms with Gasteiger partial charge in [0.2, 0.25) is 10.0 Å². The van der Waals surface area contributed by atoms with Crippen molar-refractivity contribution in [3.8, 4) is 5.75 Å². The Bertz CT molecular complexity index is 653. The Hall–Kier alpha value is -1.31. The number of aliphatic carboxylic acids is 1. The van der Waals surface area contributed by atoms with Crippen molar-refractivity contribution >= 4 is 27.6 Å². The molecule has 122 valence electrons. The Labute approximate surface area is 134 Å². The van der Waals surface area contributed by atoms with Gasteiger partial charge in [0.05, 0.1) is 18.1 Å². The average Bonchev–Trinajstić information content (AvgIpc) is 2.47. The summed E-state index contributed by atoms with van der Waals surface area (Å²) in [5.74, 6) is -0.808. The molecule has 1 aliphatic rings. The lowest BCUT2D eigenvalue weighted by Crippen LogP contribution is -2.38. The van der Waals surface area contributed by atoms with Crippen molar-refractivity contribution in [2.24, 2.45) is 5.92 Å². The predicted molar refractivity (Wildman–Crippen MR) is 81.7 cm³/mol. The van der Waals surface area contributed by atoms with Crippen LogP contribution in [0.1, 0.15) is 25.7 Å². The van der Waals surface area contributed by atoms with Crippen LogP contribution in [0.25, 0.3) is 0 Å². The number of nitrogens with one attached hydrogen (secondary N) is 1. The number of methoxy groups -OCH3 is 1. The second-order valence-electron chi connectivity index (χ2n) is 5.30. The lowest BCUT2D eigenvalue weighted by atomic mass is 9.87. The average molecular weight is 348 g/mol. The molecule has 1 saturated carbocycles. The fourth-order valence-corrected chi connectivity index (χ4v) is 4.38. The zero-order chi connectivity index (χ0) is 16.3. The molecule has 0 bridgehead atoms. The lowest BCUT2D eigenvalue weighted by molar-refractivity contribution is -0.142. The van der Waals surface area contributed by atoms with Gasteiger partial charge in [0.1, 0.15) is 10.6 Å². The number of rotatable bonds is 5. The monoisotopic (exact) mass is 347 g/mol. The van der Waals surface area contributed by atoms with Crippen molar-refractivity contribution < 1.29 is 23.1 Å². The number of ether oxygens (including phenoxy) is 1. The second-order valence-corrected chi connectivity index (χ2v) is 7.39. The molecule has 0 amide bonds. The van der Waals surface area contributed by atoms with Crippen molar-refractivity contribution in [1.29, 1.82) is 0 Å². The molecule has 0 atom stereocenters. The molecule has 1 aliphatic carbocycles. The maximum Gasteiger partial charge on any atom is 0.306 e. The molecule has 2 N–H and O–H groups in total. The summed E-state index contributed by atoms with van der Waals surface area (Å²) in [4.78, 5) is 10.9. The first-order chi connectivity index (χ1) is 10.3. The first kappa shape index (κ1) is 17.1. The summed E-state index contributed by atoms with van der Waals surface area (Å²) in [5.41, 5.74) is 0. The van der Waals surface area contributed by atoms with Crippen LogP contribution in [0, 0.1) is 5.92 Å². The predicted octanol–water partition coefficient (Wildman–Crippen LogP) is 2.27. The van der Waals surface area contributed by atoms with Crippen molar-refractivity contribution in [2.45, 2.75) is 36.6 Å². The van der Waals surface area contributed by atoms with Gasteiger partial charge in [-0.25, -0.2) is 13.1 Å². The zero-order valence-electron chi connectivity index (χ0n) is 12.1. The first-order valence-corrected chi connectivity index (χ1v) is 8.78. The molecule has 1 fully saturated rings. The molecule has 8 heteroatoms. The number of carboxylic acids is 1. The van der Waals surface area contributed by atoms with Gasteiger partial charge >= 0.3 is 5.97 Å². The molecule has 22 heavy (non-hydrogen) atoms. The number of hydrogen-bond donors (Lipinski definition) is 2. The third-order valence-corrected chi connectivity index (χ3v) is 5.83. The van der Waals surface area contributed by atoms with Gasteiger partial charge in [-0.05, 0) is 37.8 Å². The van der Waals surface area contributed by atoms with E-state index in [1.807, 2.05) is 0 Å². The highest BCUT2D eigenvalue weighted by atomic mass is 35.5. The maximum absolute atomic E-state index is 12.4. The van der Waals surface area contributed by atoms with E-state index in [-0.39, 0.29) is 21.9 Å². The van der Waals surface area contributed by atoms with E-state index in [2.05, 4.69) is 4.72 Å². The molecule has 0 aliphatic heterocycles. The Morgan fingerprint density at radius 1 is 1.32 bits per heavy atom. The topological polar surface area (TPSA) is 92.7 Å². The van der Waals surface area contributed by atoms with E-state index in [1.165, 1.54) is 19.2 Å². The maximum atomic E-state index is 12.4. The highest BCUT2D eigenvalue weighted by Gasteiger charge is 2.29. The van der Waals surface area contributed by atoms with Gasteiger partial charge in [0.15, 0.2) is 0 Å². The second kappa shape index (κ2) is 6.85. The summed E-state index contributed by atoms with van der Waals surface area (Å²) in [5, 5.41) is 9.08. The van der Waals surface area contributed by atoms with E-state index >= 15 is 0 Å². The van der Waals surface area contributed by atoms with Gasteiger partial charge in [-0.2, -0.15) is 0 Å². The minimum atomic E-state index is -3.77. The Kier molecular flexibility index (Phi) is 5.31. The molecule has 0 spiro atoms. The number of hydrogen-bond acceptors (Lipinski definition) is 4.